The van der Waals surface area contributed by atoms with Crippen molar-refractivity contribution in [3.05, 3.63) is 46.0 Å². The second-order valence-corrected chi connectivity index (χ2v) is 6.40. The van der Waals surface area contributed by atoms with Crippen molar-refractivity contribution in [2.24, 2.45) is 5.92 Å². The Morgan fingerprint density at radius 2 is 2.17 bits per heavy atom. The fourth-order valence-electron chi connectivity index (χ4n) is 4.34. The number of carbonyl (C=O) groups excluding carboxylic acids is 1. The minimum Gasteiger partial charge on any atom is -0.299 e. The van der Waals surface area contributed by atoms with Gasteiger partial charge in [0.25, 0.3) is 0 Å². The molecule has 0 radical (unpaired) electrons. The summed E-state index contributed by atoms with van der Waals surface area (Å²) in [6.07, 6.45) is 7.05. The molecule has 2 heteroatoms. The van der Waals surface area contributed by atoms with Gasteiger partial charge in [-0.25, -0.2) is 0 Å². The standard InChI is InChI=1S/C16H15ClO/c17-15-3-1-2-14-13(15)7-12(18)9-16(14)8-10-4-5-11(16)6-10/h1-4,11H,5-9H2. The van der Waals surface area contributed by atoms with E-state index in [1.54, 1.807) is 5.57 Å². The van der Waals surface area contributed by atoms with Crippen LogP contribution in [-0.2, 0) is 16.6 Å². The monoisotopic (exact) mass is 258 g/mol. The smallest absolute Gasteiger partial charge is 0.138 e. The van der Waals surface area contributed by atoms with E-state index in [0.717, 1.165) is 29.8 Å². The first kappa shape index (κ1) is 10.8. The van der Waals surface area contributed by atoms with Gasteiger partial charge in [0, 0.05) is 23.3 Å². The van der Waals surface area contributed by atoms with Crippen molar-refractivity contribution < 1.29 is 4.79 Å². The molecule has 0 aliphatic heterocycles. The van der Waals surface area contributed by atoms with E-state index in [0.29, 0.717) is 18.1 Å². The number of fused-ring (bicyclic) bond motifs is 5. The lowest BCUT2D eigenvalue weighted by atomic mass is 9.62. The van der Waals surface area contributed by atoms with Gasteiger partial charge in [-0.2, -0.15) is 0 Å². The van der Waals surface area contributed by atoms with Crippen molar-refractivity contribution in [3.63, 3.8) is 0 Å². The Morgan fingerprint density at radius 3 is 2.89 bits per heavy atom. The van der Waals surface area contributed by atoms with Crippen LogP contribution in [0.15, 0.2) is 29.8 Å². The maximum Gasteiger partial charge on any atom is 0.138 e. The van der Waals surface area contributed by atoms with E-state index < -0.39 is 0 Å². The first-order valence-electron chi connectivity index (χ1n) is 6.66. The molecule has 1 aromatic rings. The van der Waals surface area contributed by atoms with E-state index in [1.807, 2.05) is 12.1 Å². The van der Waals surface area contributed by atoms with E-state index >= 15 is 0 Å². The SMILES string of the molecule is O=C1Cc2c(Cl)cccc2C2(C1)CC1=CCC2C1. The molecule has 1 saturated carbocycles. The fourth-order valence-corrected chi connectivity index (χ4v) is 4.58. The molecule has 1 spiro atoms. The van der Waals surface area contributed by atoms with E-state index in [4.69, 9.17) is 11.6 Å². The minimum absolute atomic E-state index is 0.0830. The summed E-state index contributed by atoms with van der Waals surface area (Å²) < 4.78 is 0. The molecule has 0 N–H and O–H groups in total. The molecular weight excluding hydrogens is 244 g/mol. The van der Waals surface area contributed by atoms with Gasteiger partial charge in [-0.05, 0) is 42.4 Å². The van der Waals surface area contributed by atoms with Gasteiger partial charge in [0.15, 0.2) is 0 Å². The van der Waals surface area contributed by atoms with Gasteiger partial charge in [-0.1, -0.05) is 35.4 Å². The number of rotatable bonds is 0. The molecule has 3 aliphatic carbocycles. The van der Waals surface area contributed by atoms with Crippen molar-refractivity contribution in [1.29, 1.82) is 0 Å². The number of allylic oxidation sites excluding steroid dienone is 2. The van der Waals surface area contributed by atoms with E-state index in [2.05, 4.69) is 12.1 Å². The third-order valence-corrected chi connectivity index (χ3v) is 5.42. The third kappa shape index (κ3) is 1.26. The highest BCUT2D eigenvalue weighted by molar-refractivity contribution is 6.31. The number of benzene rings is 1. The van der Waals surface area contributed by atoms with Crippen LogP contribution in [0.2, 0.25) is 5.02 Å². The van der Waals surface area contributed by atoms with Gasteiger partial charge in [0.1, 0.15) is 5.78 Å². The summed E-state index contributed by atoms with van der Waals surface area (Å²) in [5.74, 6) is 0.998. The second-order valence-electron chi connectivity index (χ2n) is 5.99. The topological polar surface area (TPSA) is 17.1 Å². The molecule has 0 heterocycles. The summed E-state index contributed by atoms with van der Waals surface area (Å²) in [6, 6.07) is 6.16. The number of carbonyl (C=O) groups is 1. The Bertz CT molecular complexity index is 587. The quantitative estimate of drug-likeness (QED) is 0.647. The van der Waals surface area contributed by atoms with Crippen LogP contribution in [0.3, 0.4) is 0 Å². The van der Waals surface area contributed by atoms with Crippen LogP contribution in [0.25, 0.3) is 0 Å². The average molecular weight is 259 g/mol. The summed E-state index contributed by atoms with van der Waals surface area (Å²) >= 11 is 6.30. The van der Waals surface area contributed by atoms with Crippen LogP contribution in [0.5, 0.6) is 0 Å². The summed E-state index contributed by atoms with van der Waals surface area (Å²) in [7, 11) is 0. The molecule has 3 aliphatic rings. The van der Waals surface area contributed by atoms with Crippen LogP contribution < -0.4 is 0 Å². The van der Waals surface area contributed by atoms with E-state index in [9.17, 15) is 4.79 Å². The predicted molar refractivity (Wildman–Crippen MR) is 71.9 cm³/mol. The Morgan fingerprint density at radius 1 is 1.28 bits per heavy atom. The molecule has 2 unspecified atom stereocenters. The Balaban J connectivity index is 1.95. The summed E-state index contributed by atoms with van der Waals surface area (Å²) in [5.41, 5.74) is 4.10. The fraction of sp³-hybridized carbons (Fsp3) is 0.438. The number of ketones is 1. The van der Waals surface area contributed by atoms with E-state index in [1.165, 1.54) is 12.0 Å². The van der Waals surface area contributed by atoms with Crippen LogP contribution >= 0.6 is 11.6 Å². The normalized spacial score (nSPS) is 32.8. The average Bonchev–Trinajstić information content (AvgIpc) is 2.91. The molecule has 0 saturated heterocycles. The van der Waals surface area contributed by atoms with Gasteiger partial charge < -0.3 is 0 Å². The second kappa shape index (κ2) is 3.48. The first-order valence-corrected chi connectivity index (χ1v) is 7.04. The Hall–Kier alpha value is -1.08. The predicted octanol–water partition coefficient (Wildman–Crippen LogP) is 3.83. The number of Topliss-reactive ketones (excluding diaryl/α,β-unsaturated/α-hetero) is 1. The lowest BCUT2D eigenvalue weighted by Crippen LogP contribution is -2.39. The number of hydrogen-bond acceptors (Lipinski definition) is 1. The van der Waals surface area contributed by atoms with Crippen LogP contribution in [0.4, 0.5) is 0 Å². The molecule has 1 fully saturated rings. The molecule has 1 aromatic carbocycles. The molecular formula is C16H15ClO. The Kier molecular flexibility index (Phi) is 2.09. The van der Waals surface area contributed by atoms with Gasteiger partial charge >= 0.3 is 0 Å². The maximum absolute atomic E-state index is 12.1. The maximum atomic E-state index is 12.1. The highest BCUT2D eigenvalue weighted by Gasteiger charge is 2.52. The van der Waals surface area contributed by atoms with E-state index in [-0.39, 0.29) is 5.41 Å². The van der Waals surface area contributed by atoms with Crippen molar-refractivity contribution in [1.82, 2.24) is 0 Å². The zero-order chi connectivity index (χ0) is 12.3. The largest absolute Gasteiger partial charge is 0.299 e. The minimum atomic E-state index is 0.0830. The molecule has 2 bridgehead atoms. The van der Waals surface area contributed by atoms with Gasteiger partial charge in [-0.3, -0.25) is 4.79 Å². The third-order valence-electron chi connectivity index (χ3n) is 5.07. The summed E-state index contributed by atoms with van der Waals surface area (Å²) in [6.45, 7) is 0. The molecule has 4 rings (SSSR count). The zero-order valence-corrected chi connectivity index (χ0v) is 11.0. The lowest BCUT2D eigenvalue weighted by Gasteiger charge is -2.41. The summed E-state index contributed by atoms with van der Waals surface area (Å²) in [4.78, 5) is 12.1. The molecule has 2 atom stereocenters. The van der Waals surface area contributed by atoms with Gasteiger partial charge in [-0.15, -0.1) is 0 Å². The molecule has 1 nitrogen and oxygen atoms in total. The number of halogens is 1. The first-order chi connectivity index (χ1) is 8.69. The lowest BCUT2D eigenvalue weighted by molar-refractivity contribution is -0.120. The van der Waals surface area contributed by atoms with Gasteiger partial charge in [0.2, 0.25) is 0 Å². The van der Waals surface area contributed by atoms with Gasteiger partial charge in [0.05, 0.1) is 0 Å². The molecule has 18 heavy (non-hydrogen) atoms. The van der Waals surface area contributed by atoms with Crippen molar-refractivity contribution in [2.75, 3.05) is 0 Å². The van der Waals surface area contributed by atoms with Crippen molar-refractivity contribution in [2.45, 2.75) is 37.5 Å². The zero-order valence-electron chi connectivity index (χ0n) is 10.2. The van der Waals surface area contributed by atoms with Crippen molar-refractivity contribution in [3.8, 4) is 0 Å². The molecule has 0 amide bonds. The van der Waals surface area contributed by atoms with Crippen LogP contribution in [-0.4, -0.2) is 5.78 Å². The highest BCUT2D eigenvalue weighted by atomic mass is 35.5. The highest BCUT2D eigenvalue weighted by Crippen LogP contribution is 2.58. The Labute approximate surface area is 112 Å². The molecule has 0 aromatic heterocycles. The summed E-state index contributed by atoms with van der Waals surface area (Å²) in [5, 5.41) is 0.775. The van der Waals surface area contributed by atoms with Crippen LogP contribution in [0.1, 0.15) is 36.8 Å². The van der Waals surface area contributed by atoms with Crippen molar-refractivity contribution >= 4 is 17.4 Å². The number of hydrogen-bond donors (Lipinski definition) is 0. The molecule has 92 valence electrons. The van der Waals surface area contributed by atoms with Crippen LogP contribution in [0, 0.1) is 5.92 Å².